The number of sulfonamides is 1. The second kappa shape index (κ2) is 18.6. The van der Waals surface area contributed by atoms with E-state index in [2.05, 4.69) is 5.32 Å². The molecule has 0 unspecified atom stereocenters. The normalized spacial score (nSPS) is 13.7. The van der Waals surface area contributed by atoms with E-state index in [9.17, 15) is 13.2 Å². The van der Waals surface area contributed by atoms with Gasteiger partial charge in [-0.05, 0) is 60.4 Å². The summed E-state index contributed by atoms with van der Waals surface area (Å²) in [4.78, 5) is 30.7. The Labute approximate surface area is 327 Å². The van der Waals surface area contributed by atoms with Crippen molar-refractivity contribution < 1.29 is 37.0 Å². The molecule has 54 heavy (non-hydrogen) atoms. The van der Waals surface area contributed by atoms with E-state index in [1.54, 1.807) is 30.3 Å². The lowest BCUT2D eigenvalue weighted by Gasteiger charge is -2.35. The Morgan fingerprint density at radius 1 is 0.796 bits per heavy atom. The lowest BCUT2D eigenvalue weighted by molar-refractivity contribution is -0.140. The number of hydrogen-bond acceptors (Lipinski definition) is 8. The van der Waals surface area contributed by atoms with Crippen LogP contribution in [-0.2, 0) is 32.6 Å². The molecule has 1 saturated carbocycles. The number of rotatable bonds is 16. The lowest BCUT2D eigenvalue weighted by atomic mass is 9.94. The first-order chi connectivity index (χ1) is 26.0. The van der Waals surface area contributed by atoms with Crippen LogP contribution >= 0.6 is 23.2 Å². The van der Waals surface area contributed by atoms with Crippen molar-refractivity contribution in [3.63, 3.8) is 0 Å². The van der Waals surface area contributed by atoms with Gasteiger partial charge in [-0.15, -0.1) is 0 Å². The third kappa shape index (κ3) is 9.71. The van der Waals surface area contributed by atoms with Crippen LogP contribution < -0.4 is 28.6 Å². The quantitative estimate of drug-likeness (QED) is 0.125. The summed E-state index contributed by atoms with van der Waals surface area (Å²) in [5.74, 6) is -0.0483. The van der Waals surface area contributed by atoms with Gasteiger partial charge in [0.25, 0.3) is 10.0 Å². The number of carbonyl (C=O) groups is 2. The highest BCUT2D eigenvalue weighted by Gasteiger charge is 2.37. The first kappa shape index (κ1) is 40.5. The number of benzene rings is 4. The second-order valence-electron chi connectivity index (χ2n) is 12.9. The first-order valence-corrected chi connectivity index (χ1v) is 19.7. The van der Waals surface area contributed by atoms with Gasteiger partial charge in [0.1, 0.15) is 24.1 Å². The van der Waals surface area contributed by atoms with Crippen molar-refractivity contribution in [1.29, 1.82) is 0 Å². The number of nitrogens with one attached hydrogen (secondary N) is 1. The van der Waals surface area contributed by atoms with Crippen molar-refractivity contribution in [2.24, 2.45) is 0 Å². The zero-order chi connectivity index (χ0) is 38.8. The van der Waals surface area contributed by atoms with E-state index >= 15 is 4.79 Å². The molecule has 1 aliphatic rings. The monoisotopic (exact) mass is 797 g/mol. The van der Waals surface area contributed by atoms with Crippen LogP contribution in [0, 0.1) is 0 Å². The summed E-state index contributed by atoms with van der Waals surface area (Å²) >= 11 is 12.9. The van der Waals surface area contributed by atoms with Crippen LogP contribution in [0.5, 0.6) is 23.0 Å². The average Bonchev–Trinajstić information content (AvgIpc) is 3.19. The Morgan fingerprint density at radius 3 is 2.13 bits per heavy atom. The molecule has 4 aromatic rings. The first-order valence-electron chi connectivity index (χ1n) is 17.5. The van der Waals surface area contributed by atoms with Crippen LogP contribution in [0.2, 0.25) is 10.0 Å². The molecule has 14 heteroatoms. The highest BCUT2D eigenvalue weighted by molar-refractivity contribution is 7.92. The SMILES string of the molecule is COc1ccc(OC)c(N(CC(=O)N(Cc2ccc(Cl)cc2Cl)[C@@H](Cc2ccccc2)C(=O)NC2CCCCC2)S(=O)(=O)c2ccc(OC)c(OC)c2)c1. The number of methoxy groups -OCH3 is 4. The van der Waals surface area contributed by atoms with Gasteiger partial charge in [-0.2, -0.15) is 0 Å². The fraction of sp³-hybridized carbons (Fsp3) is 0.350. The number of ether oxygens (including phenoxy) is 4. The van der Waals surface area contributed by atoms with Gasteiger partial charge >= 0.3 is 0 Å². The maximum Gasteiger partial charge on any atom is 0.265 e. The van der Waals surface area contributed by atoms with Crippen molar-refractivity contribution in [3.8, 4) is 23.0 Å². The van der Waals surface area contributed by atoms with Gasteiger partial charge in [0, 0.05) is 41.2 Å². The van der Waals surface area contributed by atoms with Crippen molar-refractivity contribution in [3.05, 3.63) is 106 Å². The zero-order valence-corrected chi connectivity index (χ0v) is 33.0. The van der Waals surface area contributed by atoms with E-state index < -0.39 is 28.5 Å². The van der Waals surface area contributed by atoms with Gasteiger partial charge in [-0.25, -0.2) is 8.42 Å². The Balaban J connectivity index is 1.65. The maximum absolute atomic E-state index is 15.0. The highest BCUT2D eigenvalue weighted by atomic mass is 35.5. The molecule has 0 radical (unpaired) electrons. The smallest absolute Gasteiger partial charge is 0.265 e. The molecule has 1 N–H and O–H groups in total. The number of halogens is 2. The molecule has 2 amide bonds. The van der Waals surface area contributed by atoms with E-state index in [1.165, 1.54) is 57.6 Å². The Morgan fingerprint density at radius 2 is 1.48 bits per heavy atom. The number of amides is 2. The van der Waals surface area contributed by atoms with E-state index in [0.29, 0.717) is 22.1 Å². The lowest BCUT2D eigenvalue weighted by Crippen LogP contribution is -2.55. The zero-order valence-electron chi connectivity index (χ0n) is 30.7. The third-order valence-corrected chi connectivity index (χ3v) is 11.8. The summed E-state index contributed by atoms with van der Waals surface area (Å²) in [6.07, 6.45) is 4.88. The van der Waals surface area contributed by atoms with Gasteiger partial charge in [0.05, 0.1) is 39.0 Å². The van der Waals surface area contributed by atoms with E-state index in [4.69, 9.17) is 42.1 Å². The summed E-state index contributed by atoms with van der Waals surface area (Å²) in [7, 11) is 1.14. The molecular formula is C40H45Cl2N3O8S. The fourth-order valence-electron chi connectivity index (χ4n) is 6.54. The molecule has 0 aromatic heterocycles. The van der Waals surface area contributed by atoms with Crippen molar-refractivity contribution >= 4 is 50.7 Å². The highest BCUT2D eigenvalue weighted by Crippen LogP contribution is 2.38. The van der Waals surface area contributed by atoms with Gasteiger partial charge in [0.15, 0.2) is 11.5 Å². The molecule has 0 bridgehead atoms. The Kier molecular flexibility index (Phi) is 14.0. The standard InChI is InChI=1S/C40H45Cl2N3O8S/c1-50-31-17-19-36(51-2)34(23-31)45(54(48,49)32-18-20-37(52-3)38(24-32)53-4)26-39(46)44(25-28-15-16-29(41)22-33(28)42)35(21-27-11-7-5-8-12-27)40(47)43-30-13-9-6-10-14-30/h5,7-8,11-12,15-20,22-24,30,35H,6,9-10,13-14,21,25-26H2,1-4H3,(H,43,47)/t35-/m0/s1. The molecular weight excluding hydrogens is 753 g/mol. The topological polar surface area (TPSA) is 124 Å². The molecule has 288 valence electrons. The number of hydrogen-bond donors (Lipinski definition) is 1. The largest absolute Gasteiger partial charge is 0.497 e. The molecule has 5 rings (SSSR count). The summed E-state index contributed by atoms with van der Waals surface area (Å²) in [6, 6.07) is 21.9. The summed E-state index contributed by atoms with van der Waals surface area (Å²) in [6.45, 7) is -0.850. The van der Waals surface area contributed by atoms with Crippen LogP contribution in [0.25, 0.3) is 0 Å². The Bertz CT molecular complexity index is 2030. The molecule has 0 aliphatic heterocycles. The summed E-state index contributed by atoms with van der Waals surface area (Å²) in [5.41, 5.74) is 1.37. The van der Waals surface area contributed by atoms with E-state index in [1.807, 2.05) is 30.3 Å². The van der Waals surface area contributed by atoms with Gasteiger partial charge in [-0.3, -0.25) is 13.9 Å². The number of anilines is 1. The minimum Gasteiger partial charge on any atom is -0.497 e. The van der Waals surface area contributed by atoms with Gasteiger partial charge in [-0.1, -0.05) is 78.9 Å². The van der Waals surface area contributed by atoms with Crippen LogP contribution in [-0.4, -0.2) is 72.2 Å². The Hall–Kier alpha value is -4.65. The number of carbonyl (C=O) groups excluding carboxylic acids is 2. The van der Waals surface area contributed by atoms with Crippen LogP contribution in [0.3, 0.4) is 0 Å². The molecule has 0 heterocycles. The predicted octanol–water partition coefficient (Wildman–Crippen LogP) is 7.31. The van der Waals surface area contributed by atoms with Crippen LogP contribution in [0.15, 0.2) is 89.8 Å². The third-order valence-electron chi connectivity index (χ3n) is 9.46. The fourth-order valence-corrected chi connectivity index (χ4v) is 8.44. The minimum atomic E-state index is -4.54. The van der Waals surface area contributed by atoms with E-state index in [0.717, 1.165) is 42.0 Å². The van der Waals surface area contributed by atoms with Crippen molar-refractivity contribution in [2.45, 2.75) is 62.0 Å². The van der Waals surface area contributed by atoms with Crippen LogP contribution in [0.4, 0.5) is 5.69 Å². The predicted molar refractivity (Wildman–Crippen MR) is 210 cm³/mol. The maximum atomic E-state index is 15.0. The second-order valence-corrected chi connectivity index (χ2v) is 15.6. The number of nitrogens with zero attached hydrogens (tertiary/aromatic N) is 2. The molecule has 0 spiro atoms. The van der Waals surface area contributed by atoms with Crippen LogP contribution in [0.1, 0.15) is 43.2 Å². The molecule has 4 aromatic carbocycles. The average molecular weight is 799 g/mol. The van der Waals surface area contributed by atoms with E-state index in [-0.39, 0.29) is 52.0 Å². The summed E-state index contributed by atoms with van der Waals surface area (Å²) < 4.78 is 52.4. The molecule has 1 atom stereocenters. The molecule has 11 nitrogen and oxygen atoms in total. The van der Waals surface area contributed by atoms with Gasteiger partial charge < -0.3 is 29.2 Å². The summed E-state index contributed by atoms with van der Waals surface area (Å²) in [5, 5.41) is 3.89. The molecule has 0 saturated heterocycles. The molecule has 1 aliphatic carbocycles. The van der Waals surface area contributed by atoms with Gasteiger partial charge in [0.2, 0.25) is 11.8 Å². The molecule has 1 fully saturated rings. The van der Waals surface area contributed by atoms with Crippen molar-refractivity contribution in [2.75, 3.05) is 39.3 Å². The van der Waals surface area contributed by atoms with Crippen molar-refractivity contribution in [1.82, 2.24) is 10.2 Å². The minimum absolute atomic E-state index is 0.0377.